The molecular formula is C9H13FN2O3S. The third-order valence-corrected chi connectivity index (χ3v) is 3.58. The molecule has 0 spiro atoms. The molecule has 90 valence electrons. The minimum absolute atomic E-state index is 0.326. The van der Waals surface area contributed by atoms with Crippen LogP contribution >= 0.6 is 0 Å². The van der Waals surface area contributed by atoms with Gasteiger partial charge >= 0.3 is 0 Å². The summed E-state index contributed by atoms with van der Waals surface area (Å²) >= 11 is 0. The van der Waals surface area contributed by atoms with E-state index in [0.29, 0.717) is 0 Å². The van der Waals surface area contributed by atoms with Crippen LogP contribution in [0.1, 0.15) is 6.92 Å². The number of halogens is 1. The molecule has 0 fully saturated rings. The normalized spacial score (nSPS) is 13.7. The fourth-order valence-electron chi connectivity index (χ4n) is 1.12. The number of anilines is 1. The smallest absolute Gasteiger partial charge is 0.243 e. The predicted molar refractivity (Wildman–Crippen MR) is 57.7 cm³/mol. The lowest BCUT2D eigenvalue weighted by atomic mass is 10.3. The van der Waals surface area contributed by atoms with Crippen molar-refractivity contribution in [2.24, 2.45) is 0 Å². The zero-order chi connectivity index (χ0) is 12.3. The highest BCUT2D eigenvalue weighted by atomic mass is 32.2. The van der Waals surface area contributed by atoms with E-state index in [1.807, 2.05) is 0 Å². The highest BCUT2D eigenvalue weighted by Gasteiger charge is 2.21. The first-order chi connectivity index (χ1) is 7.38. The average molecular weight is 248 g/mol. The van der Waals surface area contributed by atoms with Crippen LogP contribution in [0.5, 0.6) is 0 Å². The summed E-state index contributed by atoms with van der Waals surface area (Å²) in [5, 5.41) is 8.74. The Balaban J connectivity index is 3.13. The Hall–Kier alpha value is -1.18. The van der Waals surface area contributed by atoms with Gasteiger partial charge in [0.25, 0.3) is 0 Å². The molecule has 0 aromatic heterocycles. The van der Waals surface area contributed by atoms with Crippen LogP contribution in [-0.4, -0.2) is 26.2 Å². The van der Waals surface area contributed by atoms with Crippen molar-refractivity contribution in [3.05, 3.63) is 24.0 Å². The lowest BCUT2D eigenvalue weighted by molar-refractivity contribution is 0.265. The van der Waals surface area contributed by atoms with Gasteiger partial charge in [0.1, 0.15) is 10.7 Å². The van der Waals surface area contributed by atoms with Crippen molar-refractivity contribution in [3.8, 4) is 0 Å². The summed E-state index contributed by atoms with van der Waals surface area (Å²) in [5.74, 6) is -0.792. The van der Waals surface area contributed by atoms with Crippen LogP contribution in [0, 0.1) is 5.82 Å². The summed E-state index contributed by atoms with van der Waals surface area (Å²) in [6.07, 6.45) is 0. The van der Waals surface area contributed by atoms with E-state index in [4.69, 9.17) is 10.8 Å². The fraction of sp³-hybridized carbons (Fsp3) is 0.333. The average Bonchev–Trinajstić information content (AvgIpc) is 2.21. The molecule has 7 heteroatoms. The summed E-state index contributed by atoms with van der Waals surface area (Å²) in [4.78, 5) is -0.326. The first-order valence-electron chi connectivity index (χ1n) is 4.55. The van der Waals surface area contributed by atoms with E-state index in [0.717, 1.165) is 6.07 Å². The van der Waals surface area contributed by atoms with Gasteiger partial charge in [-0.3, -0.25) is 0 Å². The minimum atomic E-state index is -3.90. The first-order valence-corrected chi connectivity index (χ1v) is 6.04. The third kappa shape index (κ3) is 2.69. The van der Waals surface area contributed by atoms with E-state index in [-0.39, 0.29) is 11.5 Å². The van der Waals surface area contributed by atoms with Crippen molar-refractivity contribution in [1.29, 1.82) is 0 Å². The molecule has 0 unspecified atom stereocenters. The van der Waals surface area contributed by atoms with Crippen LogP contribution in [0.3, 0.4) is 0 Å². The number of aliphatic hydroxyl groups excluding tert-OH is 1. The van der Waals surface area contributed by atoms with Crippen molar-refractivity contribution < 1.29 is 17.9 Å². The fourth-order valence-corrected chi connectivity index (χ4v) is 2.49. The Labute approximate surface area is 93.1 Å². The maximum atomic E-state index is 13.1. The Kier molecular flexibility index (Phi) is 3.84. The number of hydrogen-bond donors (Lipinski definition) is 3. The van der Waals surface area contributed by atoms with Crippen LogP contribution < -0.4 is 10.5 Å². The van der Waals surface area contributed by atoms with E-state index in [9.17, 15) is 12.8 Å². The number of rotatable bonds is 4. The molecule has 0 bridgehead atoms. The quantitative estimate of drug-likeness (QED) is 0.657. The lowest BCUT2D eigenvalue weighted by Gasteiger charge is -2.13. The largest absolute Gasteiger partial charge is 0.395 e. The van der Waals surface area contributed by atoms with Crippen molar-refractivity contribution in [1.82, 2.24) is 4.72 Å². The molecule has 16 heavy (non-hydrogen) atoms. The van der Waals surface area contributed by atoms with Gasteiger partial charge in [-0.2, -0.15) is 0 Å². The number of sulfonamides is 1. The summed E-state index contributed by atoms with van der Waals surface area (Å²) in [6, 6.07) is 2.87. The van der Waals surface area contributed by atoms with Crippen LogP contribution in [0.2, 0.25) is 0 Å². The molecule has 0 radical (unpaired) electrons. The van der Waals surface area contributed by atoms with Gasteiger partial charge < -0.3 is 10.8 Å². The first kappa shape index (κ1) is 12.9. The molecule has 4 N–H and O–H groups in total. The third-order valence-electron chi connectivity index (χ3n) is 1.93. The van der Waals surface area contributed by atoms with E-state index in [2.05, 4.69) is 4.72 Å². The van der Waals surface area contributed by atoms with Gasteiger partial charge in [-0.25, -0.2) is 17.5 Å². The van der Waals surface area contributed by atoms with Crippen LogP contribution in [0.25, 0.3) is 0 Å². The number of benzene rings is 1. The van der Waals surface area contributed by atoms with Crippen LogP contribution in [-0.2, 0) is 10.0 Å². The highest BCUT2D eigenvalue weighted by molar-refractivity contribution is 7.89. The van der Waals surface area contributed by atoms with Gasteiger partial charge in [0, 0.05) is 6.04 Å². The monoisotopic (exact) mass is 248 g/mol. The summed E-state index contributed by atoms with van der Waals surface area (Å²) in [6.45, 7) is 1.13. The predicted octanol–water partition coefficient (Wildman–Crippen LogP) is 0.0670. The summed E-state index contributed by atoms with van der Waals surface area (Å²) < 4.78 is 38.6. The Morgan fingerprint density at radius 3 is 2.75 bits per heavy atom. The molecule has 1 rings (SSSR count). The molecule has 0 saturated heterocycles. The van der Waals surface area contributed by atoms with Gasteiger partial charge in [0.2, 0.25) is 10.0 Å². The molecule has 0 aliphatic heterocycles. The number of para-hydroxylation sites is 1. The maximum Gasteiger partial charge on any atom is 0.243 e. The Morgan fingerprint density at radius 2 is 2.19 bits per heavy atom. The van der Waals surface area contributed by atoms with Crippen LogP contribution in [0.4, 0.5) is 10.1 Å². The van der Waals surface area contributed by atoms with Gasteiger partial charge in [0.15, 0.2) is 0 Å². The van der Waals surface area contributed by atoms with E-state index in [1.165, 1.54) is 19.1 Å². The van der Waals surface area contributed by atoms with Gasteiger partial charge in [-0.15, -0.1) is 0 Å². The summed E-state index contributed by atoms with van der Waals surface area (Å²) in [5.41, 5.74) is 4.90. The van der Waals surface area contributed by atoms with Crippen molar-refractivity contribution in [2.45, 2.75) is 17.9 Å². The second-order valence-corrected chi connectivity index (χ2v) is 5.04. The van der Waals surface area contributed by atoms with E-state index >= 15 is 0 Å². The molecule has 0 aliphatic rings. The van der Waals surface area contributed by atoms with Crippen molar-refractivity contribution in [2.75, 3.05) is 12.3 Å². The highest BCUT2D eigenvalue weighted by Crippen LogP contribution is 2.20. The van der Waals surface area contributed by atoms with Gasteiger partial charge in [-0.1, -0.05) is 6.07 Å². The van der Waals surface area contributed by atoms with Crippen molar-refractivity contribution in [3.63, 3.8) is 0 Å². The maximum absolute atomic E-state index is 13.1. The van der Waals surface area contributed by atoms with Crippen molar-refractivity contribution >= 4 is 15.7 Å². The lowest BCUT2D eigenvalue weighted by Crippen LogP contribution is -2.35. The standard InChI is InChI=1S/C9H13FN2O3S/c1-6(5-13)12-16(14,15)8-4-2-3-7(10)9(8)11/h2-4,6,12-13H,5,11H2,1H3/t6-/m0/s1. The molecule has 0 saturated carbocycles. The number of nitrogen functional groups attached to an aromatic ring is 1. The molecule has 1 aromatic rings. The van der Waals surface area contributed by atoms with E-state index < -0.39 is 27.6 Å². The molecular weight excluding hydrogens is 235 g/mol. The SMILES string of the molecule is C[C@@H](CO)NS(=O)(=O)c1cccc(F)c1N. The molecule has 1 aromatic carbocycles. The second-order valence-electron chi connectivity index (χ2n) is 3.36. The minimum Gasteiger partial charge on any atom is -0.395 e. The van der Waals surface area contributed by atoms with Gasteiger partial charge in [-0.05, 0) is 19.1 Å². The molecule has 0 amide bonds. The number of nitrogens with two attached hydrogens (primary N) is 1. The second kappa shape index (κ2) is 4.77. The molecule has 1 atom stereocenters. The summed E-state index contributed by atoms with van der Waals surface area (Å²) in [7, 11) is -3.90. The zero-order valence-electron chi connectivity index (χ0n) is 8.64. The molecule has 5 nitrogen and oxygen atoms in total. The number of aliphatic hydroxyl groups is 1. The van der Waals surface area contributed by atoms with Crippen LogP contribution in [0.15, 0.2) is 23.1 Å². The van der Waals surface area contributed by atoms with E-state index in [1.54, 1.807) is 0 Å². The number of nitrogens with one attached hydrogen (secondary N) is 1. The molecule has 0 heterocycles. The Bertz CT molecular complexity index is 476. The zero-order valence-corrected chi connectivity index (χ0v) is 9.46. The molecule has 0 aliphatic carbocycles. The number of hydrogen-bond acceptors (Lipinski definition) is 4. The topological polar surface area (TPSA) is 92.4 Å². The Morgan fingerprint density at radius 1 is 1.56 bits per heavy atom. The van der Waals surface area contributed by atoms with Gasteiger partial charge in [0.05, 0.1) is 12.3 Å².